The molecule has 0 aliphatic carbocycles. The Morgan fingerprint density at radius 3 is 2.26 bits per heavy atom. The van der Waals surface area contributed by atoms with Gasteiger partial charge in [0.2, 0.25) is 0 Å². The van der Waals surface area contributed by atoms with Crippen LogP contribution in [0.4, 0.5) is 4.39 Å². The van der Waals surface area contributed by atoms with Crippen molar-refractivity contribution in [3.63, 3.8) is 0 Å². The minimum Gasteiger partial charge on any atom is -0.479 e. The van der Waals surface area contributed by atoms with Gasteiger partial charge in [0.15, 0.2) is 5.60 Å². The topological polar surface area (TPSA) is 84.9 Å². The van der Waals surface area contributed by atoms with Crippen LogP contribution in [0.15, 0.2) is 18.2 Å². The highest BCUT2D eigenvalue weighted by Crippen LogP contribution is 2.21. The van der Waals surface area contributed by atoms with Crippen LogP contribution in [-0.2, 0) is 14.1 Å². The summed E-state index contributed by atoms with van der Waals surface area (Å²) in [5, 5.41) is 11.9. The van der Waals surface area contributed by atoms with E-state index in [1.165, 1.54) is 64.0 Å². The molecule has 1 aromatic rings. The van der Waals surface area contributed by atoms with Crippen molar-refractivity contribution in [3.05, 3.63) is 29.6 Å². The molecule has 172 valence electrons. The lowest BCUT2D eigenvalue weighted by Gasteiger charge is -2.16. The molecule has 8 heteroatoms. The Labute approximate surface area is 185 Å². The maximum Gasteiger partial charge on any atom is 0.494 e. The van der Waals surface area contributed by atoms with Gasteiger partial charge in [-0.25, -0.2) is 9.18 Å². The van der Waals surface area contributed by atoms with Crippen LogP contribution < -0.4 is 10.8 Å². The molecule has 1 amide bonds. The molecular weight excluding hydrogens is 400 g/mol. The number of amides is 1. The summed E-state index contributed by atoms with van der Waals surface area (Å²) in [6, 6.07) is 4.06. The second kappa shape index (κ2) is 12.8. The summed E-state index contributed by atoms with van der Waals surface area (Å²) in [7, 11) is -0.973. The van der Waals surface area contributed by atoms with Gasteiger partial charge in [-0.15, -0.1) is 0 Å². The minimum atomic E-state index is -1.47. The number of hydrogen-bond acceptors (Lipinski definition) is 4. The third-order valence-corrected chi connectivity index (χ3v) is 5.66. The number of benzene rings is 1. The third-order valence-electron chi connectivity index (χ3n) is 5.66. The van der Waals surface area contributed by atoms with E-state index in [0.717, 1.165) is 25.3 Å². The Kier molecular flexibility index (Phi) is 10.5. The molecule has 1 aliphatic heterocycles. The Hall–Kier alpha value is -1.93. The molecule has 1 saturated heterocycles. The number of carboxylic acids is 1. The van der Waals surface area contributed by atoms with Crippen LogP contribution in [0.1, 0.15) is 88.4 Å². The molecule has 1 heterocycles. The van der Waals surface area contributed by atoms with E-state index in [1.54, 1.807) is 0 Å². The maximum atomic E-state index is 14.4. The lowest BCUT2D eigenvalue weighted by atomic mass is 9.78. The Balaban J connectivity index is 1.67. The van der Waals surface area contributed by atoms with Gasteiger partial charge in [0.1, 0.15) is 5.82 Å². The monoisotopic (exact) mass is 435 g/mol. The standard InChI is InChI=1S/C23H35BFNO5/c1-3-4-5-6-7-8-9-10-11-12-15-26-21(27)19-14-13-18(16-20(19)25)24-30-17-23(2,31-24)22(28)29/h13-14,16H,3-12,15,17H2,1-2H3,(H,26,27)(H,28,29). The maximum absolute atomic E-state index is 14.4. The van der Waals surface area contributed by atoms with Gasteiger partial charge in [-0.3, -0.25) is 4.79 Å². The number of aliphatic carboxylic acids is 1. The summed E-state index contributed by atoms with van der Waals surface area (Å²) in [4.78, 5) is 23.5. The second-order valence-corrected chi connectivity index (χ2v) is 8.47. The highest BCUT2D eigenvalue weighted by Gasteiger charge is 2.47. The zero-order valence-electron chi connectivity index (χ0n) is 18.8. The number of carboxylic acid groups (broad SMARTS) is 1. The summed E-state index contributed by atoms with van der Waals surface area (Å²) in [5.74, 6) is -2.28. The number of halogens is 1. The lowest BCUT2D eigenvalue weighted by molar-refractivity contribution is -0.152. The van der Waals surface area contributed by atoms with Gasteiger partial charge >= 0.3 is 13.1 Å². The number of unbranched alkanes of at least 4 members (excludes halogenated alkanes) is 9. The molecule has 1 atom stereocenters. The van der Waals surface area contributed by atoms with Gasteiger partial charge in [0.05, 0.1) is 12.2 Å². The molecule has 31 heavy (non-hydrogen) atoms. The minimum absolute atomic E-state index is 0.0465. The van der Waals surface area contributed by atoms with E-state index in [0.29, 0.717) is 12.0 Å². The highest BCUT2D eigenvalue weighted by molar-refractivity contribution is 6.62. The van der Waals surface area contributed by atoms with Crippen molar-refractivity contribution in [2.24, 2.45) is 0 Å². The zero-order chi connectivity index (χ0) is 22.7. The van der Waals surface area contributed by atoms with E-state index in [1.807, 2.05) is 0 Å². The first-order chi connectivity index (χ1) is 14.9. The molecule has 1 aliphatic rings. The smallest absolute Gasteiger partial charge is 0.479 e. The zero-order valence-corrected chi connectivity index (χ0v) is 18.8. The van der Waals surface area contributed by atoms with Gasteiger partial charge in [-0.05, 0) is 30.9 Å². The predicted octanol–water partition coefficient (Wildman–Crippen LogP) is 4.06. The third kappa shape index (κ3) is 7.93. The molecule has 1 fully saturated rings. The van der Waals surface area contributed by atoms with Crippen LogP contribution in [-0.4, -0.2) is 42.9 Å². The molecule has 0 radical (unpaired) electrons. The highest BCUT2D eigenvalue weighted by atomic mass is 19.1. The molecule has 0 spiro atoms. The number of hydrogen-bond donors (Lipinski definition) is 2. The van der Waals surface area contributed by atoms with Crippen molar-refractivity contribution in [3.8, 4) is 0 Å². The van der Waals surface area contributed by atoms with Gasteiger partial charge in [0.25, 0.3) is 5.91 Å². The molecule has 0 aromatic heterocycles. The molecule has 1 unspecified atom stereocenters. The van der Waals surface area contributed by atoms with Crippen LogP contribution in [0, 0.1) is 5.82 Å². The van der Waals surface area contributed by atoms with Gasteiger partial charge in [-0.1, -0.05) is 70.8 Å². The molecule has 6 nitrogen and oxygen atoms in total. The first-order valence-electron chi connectivity index (χ1n) is 11.5. The molecule has 0 saturated carbocycles. The summed E-state index contributed by atoms with van der Waals surface area (Å²) < 4.78 is 25.2. The van der Waals surface area contributed by atoms with E-state index >= 15 is 0 Å². The fourth-order valence-corrected chi connectivity index (χ4v) is 3.59. The van der Waals surface area contributed by atoms with Crippen molar-refractivity contribution in [2.75, 3.05) is 13.2 Å². The van der Waals surface area contributed by atoms with E-state index in [9.17, 15) is 19.1 Å². The molecular formula is C23H35BFNO5. The van der Waals surface area contributed by atoms with Crippen molar-refractivity contribution < 1.29 is 28.4 Å². The Morgan fingerprint density at radius 1 is 1.10 bits per heavy atom. The average molecular weight is 435 g/mol. The van der Waals surface area contributed by atoms with E-state index in [2.05, 4.69) is 12.2 Å². The predicted molar refractivity (Wildman–Crippen MR) is 119 cm³/mol. The van der Waals surface area contributed by atoms with E-state index in [-0.39, 0.29) is 12.2 Å². The fraction of sp³-hybridized carbons (Fsp3) is 0.652. The van der Waals surface area contributed by atoms with Crippen molar-refractivity contribution >= 4 is 24.5 Å². The van der Waals surface area contributed by atoms with Crippen molar-refractivity contribution in [1.29, 1.82) is 0 Å². The van der Waals surface area contributed by atoms with E-state index < -0.39 is 30.4 Å². The lowest BCUT2D eigenvalue weighted by Crippen LogP contribution is -2.41. The average Bonchev–Trinajstić information content (AvgIpc) is 3.15. The summed E-state index contributed by atoms with van der Waals surface area (Å²) >= 11 is 0. The molecule has 2 N–H and O–H groups in total. The van der Waals surface area contributed by atoms with Gasteiger partial charge in [0, 0.05) is 6.54 Å². The normalized spacial score (nSPS) is 18.4. The van der Waals surface area contributed by atoms with Crippen LogP contribution in [0.3, 0.4) is 0 Å². The largest absolute Gasteiger partial charge is 0.494 e. The van der Waals surface area contributed by atoms with Crippen molar-refractivity contribution in [2.45, 2.75) is 83.7 Å². The second-order valence-electron chi connectivity index (χ2n) is 8.47. The van der Waals surface area contributed by atoms with Crippen LogP contribution >= 0.6 is 0 Å². The van der Waals surface area contributed by atoms with Gasteiger partial charge < -0.3 is 19.7 Å². The van der Waals surface area contributed by atoms with Crippen LogP contribution in [0.25, 0.3) is 0 Å². The Morgan fingerprint density at radius 2 is 1.71 bits per heavy atom. The number of carbonyl (C=O) groups is 2. The number of rotatable bonds is 14. The first kappa shape index (κ1) is 25.3. The Bertz CT molecular complexity index is 732. The number of carbonyl (C=O) groups excluding carboxylic acids is 1. The molecule has 2 rings (SSSR count). The number of nitrogens with one attached hydrogen (secondary N) is 1. The summed E-state index contributed by atoms with van der Waals surface area (Å²) in [6.07, 6.45) is 12.1. The van der Waals surface area contributed by atoms with Crippen LogP contribution in [0.5, 0.6) is 0 Å². The quantitative estimate of drug-likeness (QED) is 0.340. The van der Waals surface area contributed by atoms with Gasteiger partial charge in [-0.2, -0.15) is 0 Å². The summed E-state index contributed by atoms with van der Waals surface area (Å²) in [6.45, 7) is 4.01. The van der Waals surface area contributed by atoms with Crippen LogP contribution in [0.2, 0.25) is 0 Å². The van der Waals surface area contributed by atoms with Crippen molar-refractivity contribution in [1.82, 2.24) is 5.32 Å². The van der Waals surface area contributed by atoms with E-state index in [4.69, 9.17) is 9.31 Å². The molecule has 0 bridgehead atoms. The first-order valence-corrected chi connectivity index (χ1v) is 11.5. The SMILES string of the molecule is CCCCCCCCCCCCNC(=O)c1ccc(B2OCC(C)(C(=O)O)O2)cc1F. The molecule has 1 aromatic carbocycles. The summed E-state index contributed by atoms with van der Waals surface area (Å²) in [5.41, 5.74) is -1.17. The fourth-order valence-electron chi connectivity index (χ4n) is 3.59.